The topological polar surface area (TPSA) is 60.9 Å². The Hall–Kier alpha value is -2.01. The summed E-state index contributed by atoms with van der Waals surface area (Å²) in [6.07, 6.45) is 3.22. The van der Waals surface area contributed by atoms with Gasteiger partial charge in [0.1, 0.15) is 5.82 Å². The van der Waals surface area contributed by atoms with Crippen LogP contribution in [0.1, 0.15) is 17.2 Å². The second kappa shape index (κ2) is 5.10. The van der Waals surface area contributed by atoms with Crippen LogP contribution in [0.15, 0.2) is 36.7 Å². The SMILES string of the molecule is Cn1cc(C(N)C(=O)Cc2ccccc2F)cn1. The van der Waals surface area contributed by atoms with E-state index in [0.717, 1.165) is 0 Å². The van der Waals surface area contributed by atoms with Crippen molar-refractivity contribution in [1.29, 1.82) is 0 Å². The number of nitrogens with zero attached hydrogens (tertiary/aromatic N) is 2. The summed E-state index contributed by atoms with van der Waals surface area (Å²) in [6.45, 7) is 0. The van der Waals surface area contributed by atoms with Crippen LogP contribution >= 0.6 is 0 Å². The lowest BCUT2D eigenvalue weighted by Crippen LogP contribution is -2.23. The van der Waals surface area contributed by atoms with Gasteiger partial charge in [-0.2, -0.15) is 5.10 Å². The van der Waals surface area contributed by atoms with Crippen molar-refractivity contribution in [2.24, 2.45) is 12.8 Å². The average Bonchev–Trinajstić information content (AvgIpc) is 2.78. The molecule has 0 aliphatic rings. The lowest BCUT2D eigenvalue weighted by molar-refractivity contribution is -0.119. The predicted octanol–water partition coefficient (Wildman–Crippen LogP) is 1.37. The number of Topliss-reactive ketones (excluding diaryl/α,β-unsaturated/α-hetero) is 1. The van der Waals surface area contributed by atoms with Crippen molar-refractivity contribution in [3.05, 3.63) is 53.6 Å². The van der Waals surface area contributed by atoms with Crippen LogP contribution in [-0.4, -0.2) is 15.6 Å². The first-order valence-corrected chi connectivity index (χ1v) is 5.58. The number of aryl methyl sites for hydroxylation is 1. The second-order valence-corrected chi connectivity index (χ2v) is 4.16. The van der Waals surface area contributed by atoms with Crippen LogP contribution in [0.4, 0.5) is 4.39 Å². The number of carbonyl (C=O) groups excluding carboxylic acids is 1. The molecule has 1 unspecified atom stereocenters. The molecule has 0 spiro atoms. The quantitative estimate of drug-likeness (QED) is 0.887. The number of hydrogen-bond acceptors (Lipinski definition) is 3. The number of ketones is 1. The first kappa shape index (κ1) is 12.4. The Kier molecular flexibility index (Phi) is 3.53. The molecule has 0 bridgehead atoms. The summed E-state index contributed by atoms with van der Waals surface area (Å²) in [4.78, 5) is 11.9. The smallest absolute Gasteiger partial charge is 0.158 e. The minimum absolute atomic E-state index is 0.0112. The Bertz CT molecular complexity index is 565. The predicted molar refractivity (Wildman–Crippen MR) is 65.2 cm³/mol. The zero-order chi connectivity index (χ0) is 13.1. The van der Waals surface area contributed by atoms with Gasteiger partial charge < -0.3 is 5.73 Å². The number of carbonyl (C=O) groups is 1. The van der Waals surface area contributed by atoms with Gasteiger partial charge in [0.15, 0.2) is 5.78 Å². The molecule has 2 aromatic rings. The lowest BCUT2D eigenvalue weighted by atomic mass is 10.0. The van der Waals surface area contributed by atoms with Crippen LogP contribution in [-0.2, 0) is 18.3 Å². The Balaban J connectivity index is 2.11. The van der Waals surface area contributed by atoms with Gasteiger partial charge in [-0.1, -0.05) is 18.2 Å². The molecule has 1 aromatic heterocycles. The summed E-state index contributed by atoms with van der Waals surface area (Å²) >= 11 is 0. The van der Waals surface area contributed by atoms with Crippen LogP contribution in [0.2, 0.25) is 0 Å². The average molecular weight is 247 g/mol. The zero-order valence-corrected chi connectivity index (χ0v) is 10.0. The molecule has 0 radical (unpaired) electrons. The van der Waals surface area contributed by atoms with Crippen molar-refractivity contribution >= 4 is 5.78 Å². The Morgan fingerprint density at radius 3 is 2.83 bits per heavy atom. The van der Waals surface area contributed by atoms with E-state index in [1.165, 1.54) is 6.07 Å². The minimum atomic E-state index is -0.765. The molecule has 2 rings (SSSR count). The van der Waals surface area contributed by atoms with E-state index in [0.29, 0.717) is 11.1 Å². The van der Waals surface area contributed by atoms with Crippen molar-refractivity contribution in [2.75, 3.05) is 0 Å². The van der Waals surface area contributed by atoms with E-state index in [9.17, 15) is 9.18 Å². The zero-order valence-electron chi connectivity index (χ0n) is 10.0. The highest BCUT2D eigenvalue weighted by Gasteiger charge is 2.18. The number of halogens is 1. The van der Waals surface area contributed by atoms with Gasteiger partial charge in [-0.25, -0.2) is 4.39 Å². The molecule has 5 heteroatoms. The van der Waals surface area contributed by atoms with E-state index in [1.807, 2.05) is 0 Å². The summed E-state index contributed by atoms with van der Waals surface area (Å²) in [5.74, 6) is -0.614. The highest BCUT2D eigenvalue weighted by Crippen LogP contribution is 2.14. The molecule has 94 valence electrons. The molecule has 0 amide bonds. The second-order valence-electron chi connectivity index (χ2n) is 4.16. The Morgan fingerprint density at radius 2 is 2.22 bits per heavy atom. The van der Waals surface area contributed by atoms with Crippen LogP contribution in [0.5, 0.6) is 0 Å². The monoisotopic (exact) mass is 247 g/mol. The molecule has 0 fully saturated rings. The third kappa shape index (κ3) is 2.62. The normalized spacial score (nSPS) is 12.4. The lowest BCUT2D eigenvalue weighted by Gasteiger charge is -2.08. The number of rotatable bonds is 4. The molecule has 0 aliphatic carbocycles. The first-order valence-electron chi connectivity index (χ1n) is 5.58. The molecular weight excluding hydrogens is 233 g/mol. The van der Waals surface area contributed by atoms with Crippen LogP contribution in [0.25, 0.3) is 0 Å². The summed E-state index contributed by atoms with van der Waals surface area (Å²) in [6, 6.07) is 5.44. The van der Waals surface area contributed by atoms with Gasteiger partial charge in [-0.3, -0.25) is 9.48 Å². The van der Waals surface area contributed by atoms with Crippen molar-refractivity contribution in [3.8, 4) is 0 Å². The van der Waals surface area contributed by atoms with Gasteiger partial charge in [0.05, 0.1) is 12.2 Å². The third-order valence-electron chi connectivity index (χ3n) is 2.75. The van der Waals surface area contributed by atoms with Crippen molar-refractivity contribution < 1.29 is 9.18 Å². The van der Waals surface area contributed by atoms with Gasteiger partial charge >= 0.3 is 0 Å². The van der Waals surface area contributed by atoms with Crippen molar-refractivity contribution in [2.45, 2.75) is 12.5 Å². The van der Waals surface area contributed by atoms with Gasteiger partial charge in [-0.05, 0) is 11.6 Å². The van der Waals surface area contributed by atoms with Gasteiger partial charge in [0, 0.05) is 25.2 Å². The van der Waals surface area contributed by atoms with E-state index < -0.39 is 6.04 Å². The number of nitrogens with two attached hydrogens (primary N) is 1. The van der Waals surface area contributed by atoms with E-state index in [-0.39, 0.29) is 18.0 Å². The minimum Gasteiger partial charge on any atom is -0.318 e. The van der Waals surface area contributed by atoms with Gasteiger partial charge in [0.2, 0.25) is 0 Å². The molecule has 0 saturated heterocycles. The van der Waals surface area contributed by atoms with E-state index >= 15 is 0 Å². The van der Waals surface area contributed by atoms with Crippen molar-refractivity contribution in [3.63, 3.8) is 0 Å². The molecule has 4 nitrogen and oxygen atoms in total. The molecule has 18 heavy (non-hydrogen) atoms. The molecular formula is C13H14FN3O. The van der Waals surface area contributed by atoms with Crippen molar-refractivity contribution in [1.82, 2.24) is 9.78 Å². The van der Waals surface area contributed by atoms with Crippen LogP contribution in [0.3, 0.4) is 0 Å². The maximum absolute atomic E-state index is 13.4. The molecule has 0 aliphatic heterocycles. The van der Waals surface area contributed by atoms with Crippen LogP contribution < -0.4 is 5.73 Å². The van der Waals surface area contributed by atoms with E-state index in [1.54, 1.807) is 42.3 Å². The summed E-state index contributed by atoms with van der Waals surface area (Å²) in [7, 11) is 1.75. The molecule has 0 saturated carbocycles. The van der Waals surface area contributed by atoms with Gasteiger partial charge in [0.25, 0.3) is 0 Å². The third-order valence-corrected chi connectivity index (χ3v) is 2.75. The molecule has 1 atom stereocenters. The fourth-order valence-electron chi connectivity index (χ4n) is 1.73. The Morgan fingerprint density at radius 1 is 1.50 bits per heavy atom. The number of aromatic nitrogens is 2. The maximum atomic E-state index is 13.4. The summed E-state index contributed by atoms with van der Waals surface area (Å²) < 4.78 is 15.0. The highest BCUT2D eigenvalue weighted by molar-refractivity contribution is 5.86. The first-order chi connectivity index (χ1) is 8.58. The fraction of sp³-hybridized carbons (Fsp3) is 0.231. The molecule has 2 N–H and O–H groups in total. The maximum Gasteiger partial charge on any atom is 0.158 e. The largest absolute Gasteiger partial charge is 0.318 e. The van der Waals surface area contributed by atoms with Gasteiger partial charge in [-0.15, -0.1) is 0 Å². The highest BCUT2D eigenvalue weighted by atomic mass is 19.1. The fourth-order valence-corrected chi connectivity index (χ4v) is 1.73. The van der Waals surface area contributed by atoms with E-state index in [4.69, 9.17) is 5.73 Å². The molecule has 1 aromatic carbocycles. The van der Waals surface area contributed by atoms with Crippen LogP contribution in [0, 0.1) is 5.82 Å². The molecule has 1 heterocycles. The Labute approximate surface area is 104 Å². The van der Waals surface area contributed by atoms with E-state index in [2.05, 4.69) is 5.10 Å². The summed E-state index contributed by atoms with van der Waals surface area (Å²) in [5.41, 5.74) is 6.83. The summed E-state index contributed by atoms with van der Waals surface area (Å²) in [5, 5.41) is 3.96. The number of benzene rings is 1. The number of hydrogen-bond donors (Lipinski definition) is 1. The standard InChI is InChI=1S/C13H14FN3O/c1-17-8-10(7-16-17)13(15)12(18)6-9-4-2-3-5-11(9)14/h2-5,7-8,13H,6,15H2,1H3.